The van der Waals surface area contributed by atoms with Crippen molar-refractivity contribution in [1.82, 2.24) is 0 Å². The molecule has 0 N–H and O–H groups in total. The molecule has 2 nitrogen and oxygen atoms in total. The predicted octanol–water partition coefficient (Wildman–Crippen LogP) is 5.01. The molecule has 132 valence electrons. The van der Waals surface area contributed by atoms with E-state index in [-0.39, 0.29) is 6.92 Å². The maximum atomic E-state index is 13.2. The molecule has 22 heavy (non-hydrogen) atoms. The zero-order chi connectivity index (χ0) is 18.2. The molecule has 0 aromatic heterocycles. The second-order valence-electron chi connectivity index (χ2n) is 4.20. The van der Waals surface area contributed by atoms with Crippen LogP contribution in [0.15, 0.2) is 12.6 Å². The second-order valence-corrected chi connectivity index (χ2v) is 4.20. The van der Waals surface area contributed by atoms with Crippen molar-refractivity contribution in [3.05, 3.63) is 12.6 Å². The van der Waals surface area contributed by atoms with E-state index in [4.69, 9.17) is 0 Å². The summed E-state index contributed by atoms with van der Waals surface area (Å²) >= 11 is 0. The minimum absolute atomic E-state index is 0.188. The van der Waals surface area contributed by atoms with Crippen LogP contribution in [0.2, 0.25) is 0 Å². The third kappa shape index (κ3) is 3.76. The van der Waals surface area contributed by atoms with Crippen LogP contribution < -0.4 is 0 Å². The highest BCUT2D eigenvalue weighted by atomic mass is 19.4. The van der Waals surface area contributed by atoms with Gasteiger partial charge in [-0.15, -0.1) is 0 Å². The van der Waals surface area contributed by atoms with E-state index in [0.717, 1.165) is 6.92 Å². The Kier molecular flexibility index (Phi) is 5.46. The van der Waals surface area contributed by atoms with Gasteiger partial charge in [-0.3, -0.25) is 4.74 Å². The van der Waals surface area contributed by atoms with Gasteiger partial charge in [-0.05, 0) is 13.5 Å². The van der Waals surface area contributed by atoms with Gasteiger partial charge in [-0.25, -0.2) is 4.39 Å². The summed E-state index contributed by atoms with van der Waals surface area (Å²) in [6.07, 6.45) is -13.8. The van der Waals surface area contributed by atoms with Gasteiger partial charge in [0, 0.05) is 6.42 Å². The van der Waals surface area contributed by atoms with E-state index in [1.807, 2.05) is 6.58 Å². The van der Waals surface area contributed by atoms with Crippen LogP contribution in [0.5, 0.6) is 0 Å². The molecule has 1 unspecified atom stereocenters. The molecule has 0 amide bonds. The molecular weight excluding hydrogens is 342 g/mol. The SMILES string of the molecule is C=C(F)OC(F)(F)C(F)(F)C(F)(F)C(F)(F)OC(C)(F)CC. The summed E-state index contributed by atoms with van der Waals surface area (Å²) in [4.78, 5) is 0. The van der Waals surface area contributed by atoms with E-state index < -0.39 is 42.4 Å². The van der Waals surface area contributed by atoms with Gasteiger partial charge in [0.1, 0.15) is 0 Å². The topological polar surface area (TPSA) is 18.5 Å². The highest BCUT2D eigenvalue weighted by molar-refractivity contribution is 4.98. The fourth-order valence-corrected chi connectivity index (χ4v) is 0.972. The van der Waals surface area contributed by atoms with Gasteiger partial charge in [0.05, 0.1) is 0 Å². The first-order chi connectivity index (χ1) is 9.43. The van der Waals surface area contributed by atoms with Gasteiger partial charge in [0.25, 0.3) is 6.01 Å². The van der Waals surface area contributed by atoms with Crippen LogP contribution in [-0.2, 0) is 9.47 Å². The number of halogens is 10. The Labute approximate surface area is 117 Å². The van der Waals surface area contributed by atoms with E-state index in [0.29, 0.717) is 0 Å². The van der Waals surface area contributed by atoms with Crippen LogP contribution in [-0.4, -0.2) is 29.9 Å². The average molecular weight is 352 g/mol. The van der Waals surface area contributed by atoms with Crippen LogP contribution in [0.25, 0.3) is 0 Å². The zero-order valence-electron chi connectivity index (χ0n) is 11.0. The first-order valence-electron chi connectivity index (χ1n) is 5.37. The fraction of sp³-hybridized carbons (Fsp3) is 0.800. The van der Waals surface area contributed by atoms with Crippen LogP contribution >= 0.6 is 0 Å². The third-order valence-electron chi connectivity index (χ3n) is 2.34. The molecule has 0 saturated heterocycles. The predicted molar refractivity (Wildman–Crippen MR) is 52.0 cm³/mol. The lowest BCUT2D eigenvalue weighted by atomic mass is 10.1. The van der Waals surface area contributed by atoms with Crippen molar-refractivity contribution in [2.24, 2.45) is 0 Å². The first kappa shape index (κ1) is 20.8. The van der Waals surface area contributed by atoms with Crippen molar-refractivity contribution in [1.29, 1.82) is 0 Å². The van der Waals surface area contributed by atoms with E-state index in [9.17, 15) is 43.9 Å². The van der Waals surface area contributed by atoms with Crippen LogP contribution in [0, 0.1) is 0 Å². The van der Waals surface area contributed by atoms with Crippen LogP contribution in [0.1, 0.15) is 20.3 Å². The smallest absolute Gasteiger partial charge is 0.402 e. The molecular formula is C10H10F10O2. The Bertz CT molecular complexity index is 418. The molecule has 0 spiro atoms. The van der Waals surface area contributed by atoms with Gasteiger partial charge in [0.15, 0.2) is 0 Å². The molecule has 0 heterocycles. The molecule has 0 rings (SSSR count). The molecule has 12 heteroatoms. The van der Waals surface area contributed by atoms with Crippen molar-refractivity contribution >= 4 is 0 Å². The van der Waals surface area contributed by atoms with E-state index in [1.165, 1.54) is 0 Å². The quantitative estimate of drug-likeness (QED) is 0.452. The molecule has 0 bridgehead atoms. The van der Waals surface area contributed by atoms with Crippen LogP contribution in [0.4, 0.5) is 43.9 Å². The number of hydrogen-bond acceptors (Lipinski definition) is 2. The summed E-state index contributed by atoms with van der Waals surface area (Å²) in [7, 11) is 0. The number of alkyl halides is 9. The molecule has 0 aromatic rings. The molecule has 0 aliphatic carbocycles. The second kappa shape index (κ2) is 5.78. The number of rotatable bonds is 8. The lowest BCUT2D eigenvalue weighted by Crippen LogP contribution is -2.64. The minimum Gasteiger partial charge on any atom is -0.402 e. The Morgan fingerprint density at radius 2 is 1.23 bits per heavy atom. The molecule has 0 aliphatic heterocycles. The van der Waals surface area contributed by atoms with Gasteiger partial charge in [-0.2, -0.15) is 39.5 Å². The van der Waals surface area contributed by atoms with Crippen molar-refractivity contribution in [2.45, 2.75) is 50.2 Å². The summed E-state index contributed by atoms with van der Waals surface area (Å²) in [6, 6.07) is -2.63. The minimum atomic E-state index is -6.96. The Morgan fingerprint density at radius 3 is 1.55 bits per heavy atom. The summed E-state index contributed by atoms with van der Waals surface area (Å²) < 4.78 is 134. The Hall–Kier alpha value is -1.20. The largest absolute Gasteiger partial charge is 0.472 e. The van der Waals surface area contributed by atoms with Gasteiger partial charge >= 0.3 is 24.1 Å². The zero-order valence-corrected chi connectivity index (χ0v) is 11.0. The van der Waals surface area contributed by atoms with Crippen molar-refractivity contribution in [3.63, 3.8) is 0 Å². The van der Waals surface area contributed by atoms with E-state index >= 15 is 0 Å². The number of ether oxygens (including phenoxy) is 2. The standard InChI is InChI=1S/C10H10F10O2/c1-4-6(3,12)22-10(19,20)8(15,16)7(13,14)9(17,18)21-5(2)11/h2,4H2,1,3H3. The molecule has 0 aromatic carbocycles. The molecule has 0 aliphatic rings. The highest BCUT2D eigenvalue weighted by Crippen LogP contribution is 2.54. The molecule has 1 atom stereocenters. The van der Waals surface area contributed by atoms with Crippen molar-refractivity contribution < 1.29 is 53.4 Å². The number of hydrogen-bond donors (Lipinski definition) is 0. The highest BCUT2D eigenvalue weighted by Gasteiger charge is 2.84. The average Bonchev–Trinajstić information content (AvgIpc) is 2.25. The van der Waals surface area contributed by atoms with E-state index in [1.54, 1.807) is 0 Å². The Morgan fingerprint density at radius 1 is 0.864 bits per heavy atom. The molecule has 0 fully saturated rings. The fourth-order valence-electron chi connectivity index (χ4n) is 0.972. The first-order valence-corrected chi connectivity index (χ1v) is 5.37. The lowest BCUT2D eigenvalue weighted by Gasteiger charge is -2.37. The van der Waals surface area contributed by atoms with Crippen LogP contribution in [0.3, 0.4) is 0 Å². The molecule has 0 saturated carbocycles. The lowest BCUT2D eigenvalue weighted by molar-refractivity contribution is -0.477. The van der Waals surface area contributed by atoms with Gasteiger partial charge in [-0.1, -0.05) is 6.92 Å². The summed E-state index contributed by atoms with van der Waals surface area (Å²) in [5.74, 6) is -17.4. The Balaban J connectivity index is 5.72. The monoisotopic (exact) mass is 352 g/mol. The maximum Gasteiger partial charge on any atom is 0.472 e. The third-order valence-corrected chi connectivity index (χ3v) is 2.34. The molecule has 0 radical (unpaired) electrons. The van der Waals surface area contributed by atoms with Gasteiger partial charge in [0.2, 0.25) is 5.85 Å². The normalized spacial score (nSPS) is 17.1. The summed E-state index contributed by atoms with van der Waals surface area (Å²) in [5.41, 5.74) is 0. The van der Waals surface area contributed by atoms with Crippen molar-refractivity contribution in [2.75, 3.05) is 0 Å². The van der Waals surface area contributed by atoms with Crippen molar-refractivity contribution in [3.8, 4) is 0 Å². The summed E-state index contributed by atoms with van der Waals surface area (Å²) in [5, 5.41) is 0. The summed E-state index contributed by atoms with van der Waals surface area (Å²) in [6.45, 7) is 2.96. The van der Waals surface area contributed by atoms with E-state index in [2.05, 4.69) is 9.47 Å². The van der Waals surface area contributed by atoms with Gasteiger partial charge < -0.3 is 4.74 Å². The maximum absolute atomic E-state index is 13.2.